The lowest BCUT2D eigenvalue weighted by atomic mass is 9.98. The molecule has 0 bridgehead atoms. The van der Waals surface area contributed by atoms with Crippen molar-refractivity contribution >= 4 is 11.9 Å². The van der Waals surface area contributed by atoms with Crippen molar-refractivity contribution in [3.05, 3.63) is 35.6 Å². The molecule has 6 heteroatoms. The first kappa shape index (κ1) is 18.4. The smallest absolute Gasteiger partial charge is 0.310 e. The first-order valence-electron chi connectivity index (χ1n) is 8.49. The third kappa shape index (κ3) is 5.60. The van der Waals surface area contributed by atoms with Crippen LogP contribution in [0.4, 0.5) is 4.39 Å². The van der Waals surface area contributed by atoms with Gasteiger partial charge in [-0.25, -0.2) is 4.39 Å². The zero-order valence-electron chi connectivity index (χ0n) is 14.1. The van der Waals surface area contributed by atoms with Gasteiger partial charge in [-0.15, -0.1) is 0 Å². The van der Waals surface area contributed by atoms with Gasteiger partial charge in [0.1, 0.15) is 5.82 Å². The van der Waals surface area contributed by atoms with E-state index < -0.39 is 0 Å². The monoisotopic (exact) mass is 336 g/mol. The van der Waals surface area contributed by atoms with Crippen molar-refractivity contribution in [3.63, 3.8) is 0 Å². The molecule has 0 aliphatic carbocycles. The average Bonchev–Trinajstić information content (AvgIpc) is 2.57. The second-order valence-corrected chi connectivity index (χ2v) is 6.02. The van der Waals surface area contributed by atoms with Gasteiger partial charge in [-0.2, -0.15) is 0 Å². The van der Waals surface area contributed by atoms with Crippen molar-refractivity contribution in [2.75, 3.05) is 32.8 Å². The molecule has 1 saturated heterocycles. The minimum atomic E-state index is -0.250. The van der Waals surface area contributed by atoms with Crippen LogP contribution < -0.4 is 5.32 Å². The molecule has 0 unspecified atom stereocenters. The normalized spacial score (nSPS) is 18.2. The van der Waals surface area contributed by atoms with Crippen LogP contribution in [-0.2, 0) is 20.7 Å². The SMILES string of the molecule is CCOC(=O)[C@H]1CCCN(CC(=O)NCCc2ccccc2F)C1. The molecule has 2 rings (SSSR count). The van der Waals surface area contributed by atoms with E-state index in [-0.39, 0.29) is 30.2 Å². The number of esters is 1. The van der Waals surface area contributed by atoms with E-state index in [0.717, 1.165) is 19.4 Å². The zero-order valence-corrected chi connectivity index (χ0v) is 14.1. The average molecular weight is 336 g/mol. The summed E-state index contributed by atoms with van der Waals surface area (Å²) >= 11 is 0. The summed E-state index contributed by atoms with van der Waals surface area (Å²) in [6.45, 7) is 4.19. The number of ether oxygens (including phenoxy) is 1. The molecule has 0 saturated carbocycles. The maximum absolute atomic E-state index is 13.5. The molecule has 0 aromatic heterocycles. The number of nitrogens with one attached hydrogen (secondary N) is 1. The molecule has 24 heavy (non-hydrogen) atoms. The van der Waals surface area contributed by atoms with Gasteiger partial charge in [0.05, 0.1) is 19.1 Å². The van der Waals surface area contributed by atoms with Crippen LogP contribution in [0.25, 0.3) is 0 Å². The Morgan fingerprint density at radius 1 is 1.38 bits per heavy atom. The number of halogens is 1. The van der Waals surface area contributed by atoms with Gasteiger partial charge < -0.3 is 10.1 Å². The first-order chi connectivity index (χ1) is 11.6. The fraction of sp³-hybridized carbons (Fsp3) is 0.556. The topological polar surface area (TPSA) is 58.6 Å². The molecule has 0 radical (unpaired) electrons. The van der Waals surface area contributed by atoms with Gasteiger partial charge >= 0.3 is 5.97 Å². The van der Waals surface area contributed by atoms with Gasteiger partial charge in [0, 0.05) is 13.1 Å². The number of amides is 1. The summed E-state index contributed by atoms with van der Waals surface area (Å²) in [5.41, 5.74) is 0.596. The predicted molar refractivity (Wildman–Crippen MR) is 88.9 cm³/mol. The second-order valence-electron chi connectivity index (χ2n) is 6.02. The highest BCUT2D eigenvalue weighted by atomic mass is 19.1. The Morgan fingerprint density at radius 3 is 2.92 bits per heavy atom. The summed E-state index contributed by atoms with van der Waals surface area (Å²) < 4.78 is 18.6. The van der Waals surface area contributed by atoms with Crippen molar-refractivity contribution < 1.29 is 18.7 Å². The highest BCUT2D eigenvalue weighted by Crippen LogP contribution is 2.17. The summed E-state index contributed by atoms with van der Waals surface area (Å²) in [5, 5.41) is 2.81. The quantitative estimate of drug-likeness (QED) is 0.771. The Kier molecular flexibility index (Phi) is 7.18. The molecular formula is C18H25FN2O3. The molecule has 132 valence electrons. The Hall–Kier alpha value is -1.95. The number of carbonyl (C=O) groups is 2. The molecule has 1 amide bonds. The van der Waals surface area contributed by atoms with Crippen LogP contribution in [0.2, 0.25) is 0 Å². The van der Waals surface area contributed by atoms with Crippen molar-refractivity contribution in [2.45, 2.75) is 26.2 Å². The van der Waals surface area contributed by atoms with Crippen molar-refractivity contribution in [1.29, 1.82) is 0 Å². The van der Waals surface area contributed by atoms with E-state index in [1.54, 1.807) is 25.1 Å². The van der Waals surface area contributed by atoms with Crippen LogP contribution in [-0.4, -0.2) is 49.6 Å². The summed E-state index contributed by atoms with van der Waals surface area (Å²) in [6, 6.07) is 6.56. The third-order valence-electron chi connectivity index (χ3n) is 4.17. The van der Waals surface area contributed by atoms with Crippen LogP contribution in [0, 0.1) is 11.7 Å². The highest BCUT2D eigenvalue weighted by molar-refractivity contribution is 5.78. The molecule has 1 fully saturated rings. The van der Waals surface area contributed by atoms with Crippen molar-refractivity contribution in [2.24, 2.45) is 5.92 Å². The van der Waals surface area contributed by atoms with E-state index in [1.807, 2.05) is 4.90 Å². The number of nitrogens with zero attached hydrogens (tertiary/aromatic N) is 1. The number of rotatable bonds is 7. The highest BCUT2D eigenvalue weighted by Gasteiger charge is 2.27. The second kappa shape index (κ2) is 9.37. The number of likely N-dealkylation sites (tertiary alicyclic amines) is 1. The van der Waals surface area contributed by atoms with E-state index in [0.29, 0.717) is 31.7 Å². The van der Waals surface area contributed by atoms with Gasteiger partial charge in [0.15, 0.2) is 0 Å². The molecule has 1 atom stereocenters. The zero-order chi connectivity index (χ0) is 17.4. The summed E-state index contributed by atoms with van der Waals surface area (Å²) in [4.78, 5) is 25.8. The maximum Gasteiger partial charge on any atom is 0.310 e. The predicted octanol–water partition coefficient (Wildman–Crippen LogP) is 1.76. The number of hydrogen-bond donors (Lipinski definition) is 1. The van der Waals surface area contributed by atoms with Gasteiger partial charge in [0.2, 0.25) is 5.91 Å². The number of hydrogen-bond acceptors (Lipinski definition) is 4. The van der Waals surface area contributed by atoms with Crippen LogP contribution in [0.3, 0.4) is 0 Å². The molecule has 1 aromatic carbocycles. The van der Waals surface area contributed by atoms with E-state index in [9.17, 15) is 14.0 Å². The molecule has 0 spiro atoms. The molecule has 1 aliphatic heterocycles. The van der Waals surface area contributed by atoms with E-state index in [2.05, 4.69) is 5.32 Å². The van der Waals surface area contributed by atoms with Gasteiger partial charge in [-0.05, 0) is 44.4 Å². The molecule has 1 heterocycles. The minimum absolute atomic E-state index is 0.101. The van der Waals surface area contributed by atoms with Gasteiger partial charge in [-0.1, -0.05) is 18.2 Å². The van der Waals surface area contributed by atoms with E-state index in [1.165, 1.54) is 6.07 Å². The first-order valence-corrected chi connectivity index (χ1v) is 8.49. The van der Waals surface area contributed by atoms with Crippen LogP contribution >= 0.6 is 0 Å². The van der Waals surface area contributed by atoms with Crippen LogP contribution in [0.1, 0.15) is 25.3 Å². The summed E-state index contributed by atoms with van der Waals surface area (Å²) in [6.07, 6.45) is 2.15. The Labute approximate surface area is 142 Å². The molecule has 1 aliphatic rings. The largest absolute Gasteiger partial charge is 0.466 e. The fourth-order valence-electron chi connectivity index (χ4n) is 2.95. The molecular weight excluding hydrogens is 311 g/mol. The third-order valence-corrected chi connectivity index (χ3v) is 4.17. The Morgan fingerprint density at radius 2 is 2.17 bits per heavy atom. The van der Waals surface area contributed by atoms with Gasteiger partial charge in [0.25, 0.3) is 0 Å². The number of piperidine rings is 1. The van der Waals surface area contributed by atoms with Gasteiger partial charge in [-0.3, -0.25) is 14.5 Å². The number of benzene rings is 1. The molecule has 5 nitrogen and oxygen atoms in total. The van der Waals surface area contributed by atoms with Crippen molar-refractivity contribution in [3.8, 4) is 0 Å². The van der Waals surface area contributed by atoms with Crippen LogP contribution in [0.15, 0.2) is 24.3 Å². The van der Waals surface area contributed by atoms with E-state index >= 15 is 0 Å². The lowest BCUT2D eigenvalue weighted by Crippen LogP contribution is -2.44. The minimum Gasteiger partial charge on any atom is -0.466 e. The standard InChI is InChI=1S/C18H25FN2O3/c1-2-24-18(23)15-7-5-11-21(12-15)13-17(22)20-10-9-14-6-3-4-8-16(14)19/h3-4,6,8,15H,2,5,7,9-13H2,1H3,(H,20,22)/t15-/m0/s1. The van der Waals surface area contributed by atoms with E-state index in [4.69, 9.17) is 4.74 Å². The fourth-order valence-corrected chi connectivity index (χ4v) is 2.95. The lowest BCUT2D eigenvalue weighted by Gasteiger charge is -2.30. The number of carbonyl (C=O) groups excluding carboxylic acids is 2. The molecule has 1 N–H and O–H groups in total. The summed E-state index contributed by atoms with van der Waals surface area (Å²) in [7, 11) is 0. The molecule has 1 aromatic rings. The van der Waals surface area contributed by atoms with Crippen molar-refractivity contribution in [1.82, 2.24) is 10.2 Å². The maximum atomic E-state index is 13.5. The Balaban J connectivity index is 1.72. The summed E-state index contributed by atoms with van der Waals surface area (Å²) in [5.74, 6) is -0.678. The Bertz CT molecular complexity index is 565. The van der Waals surface area contributed by atoms with Crippen LogP contribution in [0.5, 0.6) is 0 Å². The lowest BCUT2D eigenvalue weighted by molar-refractivity contribution is -0.150.